The number of nitrogens with two attached hydrogens (primary N) is 1. The third-order valence-electron chi connectivity index (χ3n) is 2.58. The first kappa shape index (κ1) is 15.3. The predicted octanol–water partition coefficient (Wildman–Crippen LogP) is 2.80. The smallest absolute Gasteiger partial charge is 0.412 e. The molecule has 0 bridgehead atoms. The molecule has 0 saturated heterocycles. The van der Waals surface area contributed by atoms with Gasteiger partial charge in [-0.05, 0) is 50.9 Å². The second-order valence-electron chi connectivity index (χ2n) is 5.54. The topological polar surface area (TPSA) is 84.6 Å². The quantitative estimate of drug-likeness (QED) is 0.734. The Morgan fingerprint density at radius 1 is 1.47 bits per heavy atom. The van der Waals surface area contributed by atoms with Gasteiger partial charge in [-0.25, -0.2) is 4.79 Å². The minimum absolute atomic E-state index is 0.00339. The maximum Gasteiger partial charge on any atom is 0.412 e. The number of nitrogens with one attached hydrogen (secondary N) is 1. The molecule has 0 heterocycles. The number of benzene rings is 1. The molecule has 5 heteroatoms. The third-order valence-corrected chi connectivity index (χ3v) is 2.58. The highest BCUT2D eigenvalue weighted by atomic mass is 16.6. The lowest BCUT2D eigenvalue weighted by Gasteiger charge is -2.20. The van der Waals surface area contributed by atoms with Crippen LogP contribution in [-0.4, -0.2) is 23.3 Å². The lowest BCUT2D eigenvalue weighted by Crippen LogP contribution is -2.27. The summed E-state index contributed by atoms with van der Waals surface area (Å²) in [6.07, 6.45) is -0.595. The van der Waals surface area contributed by atoms with Crippen molar-refractivity contribution >= 4 is 11.8 Å². The minimum atomic E-state index is -0.595. The molecule has 1 aromatic carbocycles. The molecular weight excluding hydrogens is 244 g/mol. The molecule has 5 nitrogen and oxygen atoms in total. The average molecular weight is 266 g/mol. The van der Waals surface area contributed by atoms with Crippen LogP contribution in [0.5, 0.6) is 5.75 Å². The number of aromatic hydroxyl groups is 1. The van der Waals surface area contributed by atoms with Crippen LogP contribution >= 0.6 is 0 Å². The van der Waals surface area contributed by atoms with E-state index >= 15 is 0 Å². The molecule has 4 N–H and O–H groups in total. The molecule has 1 rings (SSSR count). The Morgan fingerprint density at radius 2 is 2.11 bits per heavy atom. The molecule has 1 atom stereocenters. The summed E-state index contributed by atoms with van der Waals surface area (Å²) in [7, 11) is 0. The van der Waals surface area contributed by atoms with E-state index in [0.717, 1.165) is 5.56 Å². The monoisotopic (exact) mass is 266 g/mol. The summed E-state index contributed by atoms with van der Waals surface area (Å²) in [6, 6.07) is 5.06. The van der Waals surface area contributed by atoms with Crippen LogP contribution in [0.4, 0.5) is 10.5 Å². The molecule has 19 heavy (non-hydrogen) atoms. The van der Waals surface area contributed by atoms with Crippen LogP contribution in [0, 0.1) is 0 Å². The lowest BCUT2D eigenvalue weighted by atomic mass is 10.0. The maximum atomic E-state index is 11.6. The lowest BCUT2D eigenvalue weighted by molar-refractivity contribution is 0.0635. The van der Waals surface area contributed by atoms with Crippen molar-refractivity contribution in [2.45, 2.75) is 39.2 Å². The Kier molecular flexibility index (Phi) is 4.78. The largest absolute Gasteiger partial charge is 0.506 e. The average Bonchev–Trinajstić information content (AvgIpc) is 2.28. The molecule has 0 aliphatic heterocycles. The van der Waals surface area contributed by atoms with Crippen LogP contribution in [0.2, 0.25) is 0 Å². The summed E-state index contributed by atoms with van der Waals surface area (Å²) < 4.78 is 5.11. The van der Waals surface area contributed by atoms with Crippen molar-refractivity contribution < 1.29 is 14.6 Å². The zero-order chi connectivity index (χ0) is 14.6. The Bertz CT molecular complexity index is 452. The van der Waals surface area contributed by atoms with Gasteiger partial charge in [0, 0.05) is 0 Å². The second-order valence-corrected chi connectivity index (χ2v) is 5.54. The summed E-state index contributed by atoms with van der Waals surface area (Å²) in [6.45, 7) is 7.80. The third kappa shape index (κ3) is 4.79. The number of amides is 1. The second kappa shape index (κ2) is 5.93. The summed E-state index contributed by atoms with van der Waals surface area (Å²) in [5.74, 6) is 0.158. The molecule has 1 aromatic rings. The summed E-state index contributed by atoms with van der Waals surface area (Å²) >= 11 is 0. The van der Waals surface area contributed by atoms with Crippen molar-refractivity contribution in [1.82, 2.24) is 0 Å². The molecule has 0 radical (unpaired) electrons. The van der Waals surface area contributed by atoms with Crippen molar-refractivity contribution in [3.63, 3.8) is 0 Å². The van der Waals surface area contributed by atoms with Crippen LogP contribution in [0.1, 0.15) is 39.2 Å². The molecule has 0 aromatic heterocycles. The first-order chi connectivity index (χ1) is 8.73. The molecule has 1 amide bonds. The number of phenolic OH excluding ortho intramolecular Hbond substituents is 1. The Hall–Kier alpha value is -1.75. The molecule has 0 fully saturated rings. The highest BCUT2D eigenvalue weighted by Gasteiger charge is 2.17. The number of carbonyl (C=O) groups excluding carboxylic acids is 1. The van der Waals surface area contributed by atoms with Gasteiger partial charge in [0.25, 0.3) is 0 Å². The number of rotatable bonds is 3. The minimum Gasteiger partial charge on any atom is -0.506 e. The van der Waals surface area contributed by atoms with Gasteiger partial charge < -0.3 is 15.6 Å². The van der Waals surface area contributed by atoms with Gasteiger partial charge in [0.05, 0.1) is 5.69 Å². The van der Waals surface area contributed by atoms with E-state index in [1.54, 1.807) is 32.9 Å². The fourth-order valence-electron chi connectivity index (χ4n) is 1.51. The SMILES string of the molecule is CC(CN)c1ccc(NC(=O)OC(C)(C)C)c(O)c1. The van der Waals surface area contributed by atoms with Crippen molar-refractivity contribution in [2.24, 2.45) is 5.73 Å². The summed E-state index contributed by atoms with van der Waals surface area (Å²) in [5.41, 5.74) is 6.24. The molecule has 106 valence electrons. The first-order valence-corrected chi connectivity index (χ1v) is 6.26. The zero-order valence-corrected chi connectivity index (χ0v) is 11.9. The number of hydrogen-bond donors (Lipinski definition) is 3. The first-order valence-electron chi connectivity index (χ1n) is 6.26. The van der Waals surface area contributed by atoms with E-state index in [0.29, 0.717) is 12.2 Å². The van der Waals surface area contributed by atoms with Gasteiger partial charge >= 0.3 is 6.09 Å². The van der Waals surface area contributed by atoms with Crippen molar-refractivity contribution in [3.05, 3.63) is 23.8 Å². The fraction of sp³-hybridized carbons (Fsp3) is 0.500. The van der Waals surface area contributed by atoms with E-state index in [4.69, 9.17) is 10.5 Å². The summed E-state index contributed by atoms with van der Waals surface area (Å²) in [4.78, 5) is 11.6. The van der Waals surface area contributed by atoms with Gasteiger partial charge in [-0.15, -0.1) is 0 Å². The molecule has 0 aliphatic rings. The molecule has 0 aliphatic carbocycles. The number of carbonyl (C=O) groups is 1. The van der Waals surface area contributed by atoms with E-state index in [1.807, 2.05) is 13.0 Å². The van der Waals surface area contributed by atoms with Gasteiger partial charge in [0.2, 0.25) is 0 Å². The number of phenols is 1. The van der Waals surface area contributed by atoms with Gasteiger partial charge in [-0.2, -0.15) is 0 Å². The van der Waals surface area contributed by atoms with E-state index in [2.05, 4.69) is 5.32 Å². The van der Waals surface area contributed by atoms with Crippen LogP contribution in [0.15, 0.2) is 18.2 Å². The Morgan fingerprint density at radius 3 is 2.58 bits per heavy atom. The number of anilines is 1. The standard InChI is InChI=1S/C14H22N2O3/c1-9(8-15)10-5-6-11(12(17)7-10)16-13(18)19-14(2,3)4/h5-7,9,17H,8,15H2,1-4H3,(H,16,18). The predicted molar refractivity (Wildman–Crippen MR) is 75.4 cm³/mol. The zero-order valence-electron chi connectivity index (χ0n) is 11.9. The van der Waals surface area contributed by atoms with E-state index in [1.165, 1.54) is 0 Å². The van der Waals surface area contributed by atoms with Crippen molar-refractivity contribution in [1.29, 1.82) is 0 Å². The van der Waals surface area contributed by atoms with Gasteiger partial charge in [0.15, 0.2) is 0 Å². The normalized spacial score (nSPS) is 12.9. The van der Waals surface area contributed by atoms with Crippen LogP contribution < -0.4 is 11.1 Å². The van der Waals surface area contributed by atoms with E-state index in [9.17, 15) is 9.90 Å². The van der Waals surface area contributed by atoms with Crippen molar-refractivity contribution in [3.8, 4) is 5.75 Å². The van der Waals surface area contributed by atoms with Crippen molar-refractivity contribution in [2.75, 3.05) is 11.9 Å². The molecule has 0 spiro atoms. The highest BCUT2D eigenvalue weighted by Crippen LogP contribution is 2.28. The molecule has 0 saturated carbocycles. The van der Waals surface area contributed by atoms with Gasteiger partial charge in [-0.1, -0.05) is 13.0 Å². The van der Waals surface area contributed by atoms with Crippen LogP contribution in [-0.2, 0) is 4.74 Å². The molecular formula is C14H22N2O3. The highest BCUT2D eigenvalue weighted by molar-refractivity contribution is 5.86. The van der Waals surface area contributed by atoms with E-state index < -0.39 is 11.7 Å². The van der Waals surface area contributed by atoms with Crippen LogP contribution in [0.25, 0.3) is 0 Å². The molecule has 1 unspecified atom stereocenters. The van der Waals surface area contributed by atoms with Gasteiger partial charge in [0.1, 0.15) is 11.4 Å². The van der Waals surface area contributed by atoms with Gasteiger partial charge in [-0.3, -0.25) is 5.32 Å². The Balaban J connectivity index is 2.78. The van der Waals surface area contributed by atoms with Crippen LogP contribution in [0.3, 0.4) is 0 Å². The number of ether oxygens (including phenoxy) is 1. The fourth-order valence-corrected chi connectivity index (χ4v) is 1.51. The summed E-state index contributed by atoms with van der Waals surface area (Å²) in [5, 5.41) is 12.4. The van der Waals surface area contributed by atoms with E-state index in [-0.39, 0.29) is 11.7 Å². The maximum absolute atomic E-state index is 11.6. The number of hydrogen-bond acceptors (Lipinski definition) is 4. The Labute approximate surface area is 113 Å².